The zero-order valence-corrected chi connectivity index (χ0v) is 41.9. The molecule has 2 heteroatoms. The van der Waals surface area contributed by atoms with Crippen LogP contribution in [0.3, 0.4) is 0 Å². The maximum Gasteiger partial charge on any atom is 0.0218 e. The fourth-order valence-electron chi connectivity index (χ4n) is 29.8. The van der Waals surface area contributed by atoms with Crippen molar-refractivity contribution in [1.29, 1.82) is 0 Å². The SMILES string of the molecule is CCCCCC(c1ccc(CC)s1)C12C=C3CC4CC5CC67C=C8CC9CC%10CC(C1)C1C%10C%10C9C9C%11C%10C%10C%12C%13C(C4C3C%12C2C1%10)C5C(C%13%11)C6(C89)C7(CCCCC)c1ccc(CC)s1. The molecule has 19 rings (SSSR count). The van der Waals surface area contributed by atoms with E-state index in [0.29, 0.717) is 21.7 Å². The van der Waals surface area contributed by atoms with Gasteiger partial charge in [0.1, 0.15) is 0 Å². The highest BCUT2D eigenvalue weighted by atomic mass is 32.1. The van der Waals surface area contributed by atoms with E-state index in [1.807, 2.05) is 9.75 Å². The smallest absolute Gasteiger partial charge is 0.0218 e. The number of hydrogen-bond acceptors (Lipinski definition) is 2. The van der Waals surface area contributed by atoms with Crippen molar-refractivity contribution in [3.63, 3.8) is 0 Å². The fourth-order valence-corrected chi connectivity index (χ4v) is 32.3. The Morgan fingerprint density at radius 3 is 2.02 bits per heavy atom. The van der Waals surface area contributed by atoms with E-state index < -0.39 is 0 Å². The van der Waals surface area contributed by atoms with Crippen molar-refractivity contribution in [1.82, 2.24) is 0 Å². The first kappa shape index (κ1) is 37.7. The minimum Gasteiger partial charge on any atom is -0.145 e. The van der Waals surface area contributed by atoms with Crippen LogP contribution >= 0.6 is 22.7 Å². The molecular weight excluding hydrogens is 821 g/mol. The Kier molecular flexibility index (Phi) is 6.74. The molecule has 15 saturated carbocycles. The van der Waals surface area contributed by atoms with Crippen LogP contribution < -0.4 is 0 Å². The van der Waals surface area contributed by atoms with Crippen molar-refractivity contribution in [2.24, 2.45) is 164 Å². The minimum absolute atomic E-state index is 0.443. The summed E-state index contributed by atoms with van der Waals surface area (Å²) in [5.41, 5.74) is 6.28. The molecule has 30 unspecified atom stereocenters. The van der Waals surface area contributed by atoms with Crippen LogP contribution in [0, 0.1) is 164 Å². The highest BCUT2D eigenvalue weighted by Crippen LogP contribution is 3.03. The Hall–Kier alpha value is -1.12. The summed E-state index contributed by atoms with van der Waals surface area (Å²) in [6.07, 6.45) is 32.2. The molecule has 0 aromatic carbocycles. The zero-order valence-electron chi connectivity index (χ0n) is 40.3. The lowest BCUT2D eigenvalue weighted by Gasteiger charge is -2.63. The van der Waals surface area contributed by atoms with Gasteiger partial charge in [-0.3, -0.25) is 0 Å². The van der Waals surface area contributed by atoms with Gasteiger partial charge in [0, 0.05) is 41.7 Å². The normalized spacial score (nSPS) is 62.2. The van der Waals surface area contributed by atoms with Gasteiger partial charge in [0.15, 0.2) is 0 Å². The molecular formula is C63H78S2. The van der Waals surface area contributed by atoms with Crippen molar-refractivity contribution in [2.45, 2.75) is 148 Å². The summed E-state index contributed by atoms with van der Waals surface area (Å²) in [5.74, 6) is 27.7. The van der Waals surface area contributed by atoms with Gasteiger partial charge in [-0.25, -0.2) is 0 Å². The molecule has 2 aromatic rings. The lowest BCUT2D eigenvalue weighted by molar-refractivity contribution is -0.155. The van der Waals surface area contributed by atoms with Crippen molar-refractivity contribution < 1.29 is 0 Å². The Labute approximate surface area is 399 Å². The molecule has 0 amide bonds. The van der Waals surface area contributed by atoms with Crippen molar-refractivity contribution >= 4 is 22.7 Å². The number of thiophene rings is 2. The topological polar surface area (TPSA) is 0 Å². The van der Waals surface area contributed by atoms with Gasteiger partial charge >= 0.3 is 0 Å². The second-order valence-electron chi connectivity index (χ2n) is 28.7. The number of unbranched alkanes of at least 4 members (excludes halogenated alkanes) is 4. The molecule has 2 heterocycles. The number of rotatable bonds is 13. The maximum absolute atomic E-state index is 3.37. The summed E-state index contributed by atoms with van der Waals surface area (Å²) in [6, 6.07) is 10.9. The summed E-state index contributed by atoms with van der Waals surface area (Å²) in [6.45, 7) is 9.90. The minimum atomic E-state index is 0.443. The molecule has 17 aliphatic rings. The number of aryl methyl sites for hydroxylation is 2. The van der Waals surface area contributed by atoms with Crippen LogP contribution in [0.1, 0.15) is 149 Å². The molecule has 15 fully saturated rings. The lowest BCUT2D eigenvalue weighted by atomic mass is 9.41. The van der Waals surface area contributed by atoms with Gasteiger partial charge in [-0.2, -0.15) is 0 Å². The molecule has 0 saturated heterocycles. The molecule has 1 spiro atoms. The first-order valence-electron chi connectivity index (χ1n) is 29.6. The maximum atomic E-state index is 3.37. The van der Waals surface area contributed by atoms with Crippen LogP contribution in [0.2, 0.25) is 0 Å². The molecule has 0 N–H and O–H groups in total. The van der Waals surface area contributed by atoms with Gasteiger partial charge in [0.25, 0.3) is 0 Å². The predicted molar refractivity (Wildman–Crippen MR) is 263 cm³/mol. The average molecular weight is 899 g/mol. The first-order chi connectivity index (χ1) is 32.0. The van der Waals surface area contributed by atoms with Gasteiger partial charge in [0.05, 0.1) is 0 Å². The van der Waals surface area contributed by atoms with Crippen LogP contribution in [-0.2, 0) is 18.3 Å². The Balaban J connectivity index is 0.894. The molecule has 17 aliphatic carbocycles. The van der Waals surface area contributed by atoms with Crippen LogP contribution in [0.15, 0.2) is 47.6 Å². The highest BCUT2D eigenvalue weighted by molar-refractivity contribution is 7.12. The average Bonchev–Trinajstić information content (AvgIpc) is 4.15. The molecule has 0 aliphatic heterocycles. The Morgan fingerprint density at radius 1 is 0.538 bits per heavy atom. The monoisotopic (exact) mass is 899 g/mol. The van der Waals surface area contributed by atoms with Gasteiger partial charge < -0.3 is 0 Å². The second-order valence-corrected chi connectivity index (χ2v) is 31.1. The first-order valence-corrected chi connectivity index (χ1v) is 31.2. The fraction of sp³-hybridized carbons (Fsp3) is 0.810. The molecule has 0 radical (unpaired) electrons. The largest absolute Gasteiger partial charge is 0.145 e. The van der Waals surface area contributed by atoms with Crippen molar-refractivity contribution in [2.75, 3.05) is 0 Å². The summed E-state index contributed by atoms with van der Waals surface area (Å²) in [4.78, 5) is 7.20. The number of hydrogen-bond donors (Lipinski definition) is 0. The lowest BCUT2D eigenvalue weighted by Crippen LogP contribution is -2.59. The third kappa shape index (κ3) is 3.48. The molecule has 2 aromatic heterocycles. The van der Waals surface area contributed by atoms with Gasteiger partial charge in [-0.05, 0) is 248 Å². The second kappa shape index (κ2) is 11.6. The van der Waals surface area contributed by atoms with E-state index >= 15 is 0 Å². The summed E-state index contributed by atoms with van der Waals surface area (Å²) in [5, 5.41) is 0. The quantitative estimate of drug-likeness (QED) is 0.139. The van der Waals surface area contributed by atoms with E-state index in [0.717, 1.165) is 154 Å². The standard InChI is InChI=1S/C63H78S2/c1-5-9-11-13-37(38-16-14-35(7-3)64-38)60-24-31-20-28-19-29-23-34-27-61-26-33-22-30-21-32(25-60)44-41(30)47-45(33)59-56-49(47)51-50-48-46(40(28)43(31)54(50)58(60)55(44)51)42(29)53(52(48)56)57(34)63(59,61)62(61,18-12-10-6-2)39-17-15-36(8-4)65-39/h14-17,25,27-31,33,37,40-59H,5-13,18-24,26H2,1-4H3. The highest BCUT2D eigenvalue weighted by Gasteiger charge is 3.00. The third-order valence-corrected chi connectivity index (χ3v) is 31.5. The van der Waals surface area contributed by atoms with Gasteiger partial charge in [-0.15, -0.1) is 22.7 Å². The van der Waals surface area contributed by atoms with E-state index in [-0.39, 0.29) is 0 Å². The van der Waals surface area contributed by atoms with E-state index in [1.54, 1.807) is 61.1 Å². The summed E-state index contributed by atoms with van der Waals surface area (Å²) >= 11 is 4.69. The van der Waals surface area contributed by atoms with Gasteiger partial charge in [-0.1, -0.05) is 89.5 Å². The van der Waals surface area contributed by atoms with Crippen LogP contribution in [0.4, 0.5) is 0 Å². The molecule has 65 heavy (non-hydrogen) atoms. The van der Waals surface area contributed by atoms with Crippen molar-refractivity contribution in [3.05, 3.63) is 67.1 Å². The Bertz CT molecular complexity index is 2550. The van der Waals surface area contributed by atoms with Crippen LogP contribution in [0.5, 0.6) is 0 Å². The predicted octanol–water partition coefficient (Wildman–Crippen LogP) is 15.3. The molecule has 342 valence electrons. The summed E-state index contributed by atoms with van der Waals surface area (Å²) < 4.78 is 0. The van der Waals surface area contributed by atoms with Crippen LogP contribution in [-0.4, -0.2) is 0 Å². The van der Waals surface area contributed by atoms with Crippen molar-refractivity contribution in [3.8, 4) is 0 Å². The van der Waals surface area contributed by atoms with E-state index in [2.05, 4.69) is 97.9 Å². The zero-order chi connectivity index (χ0) is 42.2. The molecule has 0 nitrogen and oxygen atoms in total. The molecule has 30 atom stereocenters. The van der Waals surface area contributed by atoms with E-state index in [9.17, 15) is 0 Å². The summed E-state index contributed by atoms with van der Waals surface area (Å²) in [7, 11) is 0. The Morgan fingerprint density at radius 2 is 1.18 bits per heavy atom. The van der Waals surface area contributed by atoms with Crippen LogP contribution in [0.25, 0.3) is 0 Å². The van der Waals surface area contributed by atoms with E-state index in [1.165, 1.54) is 57.8 Å². The number of allylic oxidation sites excluding steroid dienone is 4. The third-order valence-electron chi connectivity index (χ3n) is 28.8. The molecule has 0 bridgehead atoms. The van der Waals surface area contributed by atoms with Gasteiger partial charge in [0.2, 0.25) is 0 Å². The van der Waals surface area contributed by atoms with E-state index in [4.69, 9.17) is 0 Å².